The van der Waals surface area contributed by atoms with Crippen LogP contribution in [0.1, 0.15) is 11.8 Å². The molecule has 0 radical (unpaired) electrons. The van der Waals surface area contributed by atoms with Crippen LogP contribution in [-0.2, 0) is 4.74 Å². The van der Waals surface area contributed by atoms with Gasteiger partial charge >= 0.3 is 0 Å². The van der Waals surface area contributed by atoms with Crippen molar-refractivity contribution in [2.45, 2.75) is 24.5 Å². The fraction of sp³-hybridized carbons (Fsp3) is 0.294. The van der Waals surface area contributed by atoms with Gasteiger partial charge in [-0.1, -0.05) is 12.1 Å². The summed E-state index contributed by atoms with van der Waals surface area (Å²) in [6.45, 7) is -0.564. The zero-order chi connectivity index (χ0) is 23.0. The molecular weight excluding hydrogens is 428 g/mol. The molecule has 3 aromatic rings. The molecule has 0 bridgehead atoms. The third-order valence-electron chi connectivity index (χ3n) is 4.80. The number of hydrogen-bond acceptors (Lipinski definition) is 12. The zero-order valence-electron chi connectivity index (χ0n) is 16.2. The van der Waals surface area contributed by atoms with E-state index in [0.717, 1.165) is 0 Å². The van der Waals surface area contributed by atoms with Gasteiger partial charge < -0.3 is 25.8 Å². The summed E-state index contributed by atoms with van der Waals surface area (Å²) in [6.07, 6.45) is -4.00. The van der Waals surface area contributed by atoms with Crippen LogP contribution in [0.15, 0.2) is 34.2 Å². The Balaban J connectivity index is 1.74. The molecule has 7 N–H and O–H groups in total. The van der Waals surface area contributed by atoms with Gasteiger partial charge in [0.25, 0.3) is 11.2 Å². The number of nitro benzene ring substituents is 1. The Labute approximate surface area is 177 Å². The van der Waals surface area contributed by atoms with Gasteiger partial charge in [-0.2, -0.15) is 10.1 Å². The second-order valence-corrected chi connectivity index (χ2v) is 6.88. The number of nitrogens with one attached hydrogen (secondary N) is 2. The Bertz CT molecular complexity index is 1260. The maximum atomic E-state index is 12.3. The van der Waals surface area contributed by atoms with Gasteiger partial charge in [0.1, 0.15) is 18.3 Å². The number of H-pyrrole nitrogens is 1. The van der Waals surface area contributed by atoms with Crippen molar-refractivity contribution in [2.75, 3.05) is 17.8 Å². The van der Waals surface area contributed by atoms with Crippen LogP contribution in [0.5, 0.6) is 0 Å². The Kier molecular flexibility index (Phi) is 5.54. The fourth-order valence-corrected chi connectivity index (χ4v) is 3.30. The number of hydrazone groups is 1. The fourth-order valence-electron chi connectivity index (χ4n) is 3.30. The summed E-state index contributed by atoms with van der Waals surface area (Å²) in [6, 6.07) is 5.70. The Morgan fingerprint density at radius 2 is 2.16 bits per heavy atom. The van der Waals surface area contributed by atoms with Crippen LogP contribution in [0.25, 0.3) is 11.2 Å². The van der Waals surface area contributed by atoms with Crippen molar-refractivity contribution < 1.29 is 25.0 Å². The molecule has 15 heteroatoms. The van der Waals surface area contributed by atoms with E-state index in [-0.39, 0.29) is 28.7 Å². The number of nitrogens with zero attached hydrogens (tertiary/aromatic N) is 5. The number of benzene rings is 1. The maximum Gasteiger partial charge on any atom is 0.280 e. The second kappa shape index (κ2) is 8.31. The highest BCUT2D eigenvalue weighted by Gasteiger charge is 2.45. The number of ether oxygens (including phenoxy) is 1. The van der Waals surface area contributed by atoms with Crippen molar-refractivity contribution >= 4 is 35.0 Å². The van der Waals surface area contributed by atoms with Crippen molar-refractivity contribution in [3.8, 4) is 0 Å². The van der Waals surface area contributed by atoms with E-state index < -0.39 is 41.6 Å². The molecule has 15 nitrogen and oxygen atoms in total. The number of anilines is 2. The Hall–Kier alpha value is -3.92. The van der Waals surface area contributed by atoms with Crippen molar-refractivity contribution in [1.82, 2.24) is 19.5 Å². The first-order valence-electron chi connectivity index (χ1n) is 9.24. The van der Waals surface area contributed by atoms with Crippen LogP contribution in [0.2, 0.25) is 0 Å². The number of fused-ring (bicyclic) bond motifs is 1. The molecule has 0 spiro atoms. The molecule has 0 amide bonds. The van der Waals surface area contributed by atoms with Gasteiger partial charge in [-0.05, 0) is 0 Å². The lowest BCUT2D eigenvalue weighted by Crippen LogP contribution is -2.33. The standard InChI is InChI=1S/C17H18N8O7/c18-16-21-13-10(14(29)22-16)20-17(24(13)15-12(28)11(27)9(6-26)32-15)23-19-5-7-2-1-3-8(4-7)25(30)31/h1-5,9,11-12,15,26-28H,6H2,(H,20,23)(H3,18,21,22,29)/t9-,11-,12+,15-/m1/s1. The lowest BCUT2D eigenvalue weighted by atomic mass is 10.1. The number of nitro groups is 1. The predicted octanol–water partition coefficient (Wildman–Crippen LogP) is -1.33. The lowest BCUT2D eigenvalue weighted by molar-refractivity contribution is -0.384. The average molecular weight is 446 g/mol. The number of nitrogen functional groups attached to an aromatic ring is 1. The highest BCUT2D eigenvalue weighted by molar-refractivity contribution is 5.81. The van der Waals surface area contributed by atoms with Crippen molar-refractivity contribution in [3.63, 3.8) is 0 Å². The van der Waals surface area contributed by atoms with Gasteiger partial charge in [0.15, 0.2) is 17.4 Å². The minimum absolute atomic E-state index is 0.0610. The van der Waals surface area contributed by atoms with Crippen molar-refractivity contribution in [3.05, 3.63) is 50.3 Å². The van der Waals surface area contributed by atoms with Gasteiger partial charge in [0, 0.05) is 17.7 Å². The largest absolute Gasteiger partial charge is 0.394 e. The summed E-state index contributed by atoms with van der Waals surface area (Å²) < 4.78 is 6.70. The summed E-state index contributed by atoms with van der Waals surface area (Å²) in [5.41, 5.74) is 7.61. The predicted molar refractivity (Wildman–Crippen MR) is 110 cm³/mol. The van der Waals surface area contributed by atoms with E-state index >= 15 is 0 Å². The molecule has 0 aliphatic carbocycles. The van der Waals surface area contributed by atoms with Crippen LogP contribution < -0.4 is 16.7 Å². The van der Waals surface area contributed by atoms with Gasteiger partial charge in [-0.25, -0.2) is 10.4 Å². The summed E-state index contributed by atoms with van der Waals surface area (Å²) in [5.74, 6) is -0.317. The molecule has 1 aliphatic rings. The topological polar surface area (TPSA) is 227 Å². The number of rotatable bonds is 6. The van der Waals surface area contributed by atoms with E-state index in [1.54, 1.807) is 6.07 Å². The smallest absolute Gasteiger partial charge is 0.280 e. The number of non-ortho nitro benzene ring substituents is 1. The highest BCUT2D eigenvalue weighted by atomic mass is 16.6. The quantitative estimate of drug-likeness (QED) is 0.148. The monoisotopic (exact) mass is 446 g/mol. The summed E-state index contributed by atoms with van der Waals surface area (Å²) in [5, 5.41) is 44.8. The number of imidazole rings is 1. The molecule has 1 fully saturated rings. The lowest BCUT2D eigenvalue weighted by Gasteiger charge is -2.18. The maximum absolute atomic E-state index is 12.3. The molecule has 168 valence electrons. The van der Waals surface area contributed by atoms with Crippen LogP contribution >= 0.6 is 0 Å². The second-order valence-electron chi connectivity index (χ2n) is 6.88. The van der Waals surface area contributed by atoms with Gasteiger partial charge in [0.05, 0.1) is 17.7 Å². The first-order chi connectivity index (χ1) is 15.3. The number of aliphatic hydroxyl groups excluding tert-OH is 3. The van der Waals surface area contributed by atoms with E-state index in [9.17, 15) is 30.2 Å². The van der Waals surface area contributed by atoms with E-state index in [4.69, 9.17) is 10.5 Å². The van der Waals surface area contributed by atoms with Gasteiger partial charge in [-0.3, -0.25) is 24.5 Å². The van der Waals surface area contributed by atoms with Crippen LogP contribution in [0.4, 0.5) is 17.6 Å². The van der Waals surface area contributed by atoms with E-state index in [1.807, 2.05) is 0 Å². The highest BCUT2D eigenvalue weighted by Crippen LogP contribution is 2.33. The molecule has 3 heterocycles. The number of hydrogen-bond donors (Lipinski definition) is 6. The minimum Gasteiger partial charge on any atom is -0.394 e. The Morgan fingerprint density at radius 3 is 2.84 bits per heavy atom. The van der Waals surface area contributed by atoms with E-state index in [1.165, 1.54) is 29.0 Å². The van der Waals surface area contributed by atoms with E-state index in [2.05, 4.69) is 25.5 Å². The molecular formula is C17H18N8O7. The SMILES string of the molecule is Nc1nc2c(nc(NN=Cc3cccc([N+](=O)[O-])c3)n2[C@@H]2O[C@H](CO)[C@@H](O)[C@@H]2O)c(=O)[nH]1. The van der Waals surface area contributed by atoms with Crippen molar-refractivity contribution in [2.24, 2.45) is 5.10 Å². The molecule has 0 saturated carbocycles. The minimum atomic E-state index is -1.49. The molecule has 2 aromatic heterocycles. The number of aromatic nitrogens is 4. The van der Waals surface area contributed by atoms with Gasteiger partial charge in [-0.15, -0.1) is 0 Å². The zero-order valence-corrected chi connectivity index (χ0v) is 16.2. The summed E-state index contributed by atoms with van der Waals surface area (Å²) in [7, 11) is 0. The molecule has 1 saturated heterocycles. The first-order valence-corrected chi connectivity index (χ1v) is 9.24. The molecule has 4 atom stereocenters. The van der Waals surface area contributed by atoms with E-state index in [0.29, 0.717) is 5.56 Å². The molecule has 4 rings (SSSR count). The molecule has 32 heavy (non-hydrogen) atoms. The normalized spacial score (nSPS) is 23.2. The summed E-state index contributed by atoms with van der Waals surface area (Å²) in [4.78, 5) is 33.1. The van der Waals surface area contributed by atoms with Gasteiger partial charge in [0.2, 0.25) is 11.9 Å². The van der Waals surface area contributed by atoms with Crippen LogP contribution in [0, 0.1) is 10.1 Å². The third kappa shape index (κ3) is 3.76. The molecule has 1 aromatic carbocycles. The summed E-state index contributed by atoms with van der Waals surface area (Å²) >= 11 is 0. The number of nitrogens with two attached hydrogens (primary N) is 1. The van der Waals surface area contributed by atoms with Crippen LogP contribution in [0.3, 0.4) is 0 Å². The Morgan fingerprint density at radius 1 is 1.38 bits per heavy atom. The third-order valence-corrected chi connectivity index (χ3v) is 4.80. The first kappa shape index (κ1) is 21.3. The average Bonchev–Trinajstić information content (AvgIpc) is 3.25. The number of aliphatic hydroxyl groups is 3. The number of aromatic amines is 1. The van der Waals surface area contributed by atoms with Crippen molar-refractivity contribution in [1.29, 1.82) is 0 Å². The molecule has 1 aliphatic heterocycles. The van der Waals surface area contributed by atoms with Crippen LogP contribution in [-0.4, -0.2) is 70.9 Å². The molecule has 0 unspecified atom stereocenters.